The number of anilines is 1. The van der Waals surface area contributed by atoms with E-state index in [9.17, 15) is 13.2 Å². The zero-order valence-corrected chi connectivity index (χ0v) is 19.8. The summed E-state index contributed by atoms with van der Waals surface area (Å²) < 4.78 is 28.4. The molecule has 1 heterocycles. The molecule has 31 heavy (non-hydrogen) atoms. The van der Waals surface area contributed by atoms with E-state index in [1.54, 1.807) is 29.2 Å². The molecule has 1 saturated heterocycles. The monoisotopic (exact) mass is 463 g/mol. The van der Waals surface area contributed by atoms with Crippen LogP contribution in [0, 0.1) is 12.8 Å². The highest BCUT2D eigenvalue weighted by atomic mass is 35.5. The van der Waals surface area contributed by atoms with Gasteiger partial charge >= 0.3 is 0 Å². The lowest BCUT2D eigenvalue weighted by molar-refractivity contribution is -0.133. The average molecular weight is 464 g/mol. The quantitative estimate of drug-likeness (QED) is 0.679. The van der Waals surface area contributed by atoms with Gasteiger partial charge in [-0.05, 0) is 49.6 Å². The molecule has 0 spiro atoms. The van der Waals surface area contributed by atoms with Crippen LogP contribution in [-0.2, 0) is 14.8 Å². The van der Waals surface area contributed by atoms with E-state index in [-0.39, 0.29) is 16.7 Å². The number of carbonyl (C=O) groups excluding carboxylic acids is 1. The van der Waals surface area contributed by atoms with Crippen LogP contribution in [0.1, 0.15) is 25.8 Å². The summed E-state index contributed by atoms with van der Waals surface area (Å²) in [4.78, 5) is 17.4. The van der Waals surface area contributed by atoms with Crippen LogP contribution >= 0.6 is 11.6 Å². The molecule has 168 valence electrons. The molecule has 2 aromatic rings. The summed E-state index contributed by atoms with van der Waals surface area (Å²) in [6, 6.07) is 13.5. The Bertz CT molecular complexity index is 1000. The lowest BCUT2D eigenvalue weighted by atomic mass is 10.0. The number of hydrogen-bond donors (Lipinski definition) is 1. The predicted molar refractivity (Wildman–Crippen MR) is 125 cm³/mol. The number of piperazine rings is 1. The molecular weight excluding hydrogens is 434 g/mol. The highest BCUT2D eigenvalue weighted by Gasteiger charge is 2.31. The number of carbonyl (C=O) groups is 1. The SMILES string of the molecule is Cc1ccc(S(=O)(=O)NC(CC(C)C)C(=O)N2CCN(c3cccc(Cl)c3)CC2)cc1. The molecule has 1 unspecified atom stereocenters. The van der Waals surface area contributed by atoms with Gasteiger partial charge in [0.2, 0.25) is 15.9 Å². The van der Waals surface area contributed by atoms with Crippen LogP contribution < -0.4 is 9.62 Å². The van der Waals surface area contributed by atoms with Gasteiger partial charge < -0.3 is 9.80 Å². The minimum atomic E-state index is -3.79. The smallest absolute Gasteiger partial charge is 0.241 e. The van der Waals surface area contributed by atoms with Crippen LogP contribution in [0.2, 0.25) is 5.02 Å². The van der Waals surface area contributed by atoms with Gasteiger partial charge in [0.05, 0.1) is 4.90 Å². The van der Waals surface area contributed by atoms with Crippen molar-refractivity contribution in [1.82, 2.24) is 9.62 Å². The van der Waals surface area contributed by atoms with Crippen LogP contribution in [0.15, 0.2) is 53.4 Å². The number of halogens is 1. The molecule has 0 aromatic heterocycles. The Morgan fingerprint density at radius 3 is 2.29 bits per heavy atom. The Morgan fingerprint density at radius 1 is 1.06 bits per heavy atom. The summed E-state index contributed by atoms with van der Waals surface area (Å²) in [5.74, 6) is -0.00227. The molecule has 0 bridgehead atoms. The van der Waals surface area contributed by atoms with Crippen molar-refractivity contribution in [2.45, 2.75) is 38.1 Å². The number of nitrogens with one attached hydrogen (secondary N) is 1. The standard InChI is InChI=1S/C23H30ClN3O3S/c1-17(2)15-22(25-31(29,30)21-9-7-18(3)8-10-21)23(28)27-13-11-26(12-14-27)20-6-4-5-19(24)16-20/h4-10,16-17,22,25H,11-15H2,1-3H3. The molecular formula is C23H30ClN3O3S. The summed E-state index contributed by atoms with van der Waals surface area (Å²) in [5.41, 5.74) is 2.00. The average Bonchev–Trinajstić information content (AvgIpc) is 2.73. The van der Waals surface area contributed by atoms with Crippen LogP contribution in [0.4, 0.5) is 5.69 Å². The lowest BCUT2D eigenvalue weighted by Gasteiger charge is -2.38. The van der Waals surface area contributed by atoms with Gasteiger partial charge in [0.1, 0.15) is 6.04 Å². The molecule has 1 N–H and O–H groups in total. The maximum atomic E-state index is 13.3. The van der Waals surface area contributed by atoms with Crippen LogP contribution in [0.5, 0.6) is 0 Å². The summed E-state index contributed by atoms with van der Waals surface area (Å²) in [6.07, 6.45) is 0.443. The second-order valence-corrected chi connectivity index (χ2v) is 10.6. The van der Waals surface area contributed by atoms with Gasteiger partial charge in [-0.15, -0.1) is 0 Å². The Hall–Kier alpha value is -2.09. The normalized spacial score (nSPS) is 15.9. The van der Waals surface area contributed by atoms with Gasteiger partial charge in [0, 0.05) is 36.9 Å². The summed E-state index contributed by atoms with van der Waals surface area (Å²) in [6.45, 7) is 8.28. The first-order chi connectivity index (χ1) is 14.7. The van der Waals surface area contributed by atoms with Gasteiger partial charge in [0.15, 0.2) is 0 Å². The van der Waals surface area contributed by atoms with Crippen molar-refractivity contribution in [3.05, 3.63) is 59.1 Å². The van der Waals surface area contributed by atoms with E-state index in [1.807, 2.05) is 45.0 Å². The Balaban J connectivity index is 1.69. The van der Waals surface area contributed by atoms with Crippen LogP contribution in [0.25, 0.3) is 0 Å². The molecule has 1 aliphatic rings. The minimum absolute atomic E-state index is 0.169. The van der Waals surface area contributed by atoms with E-state index in [2.05, 4.69) is 9.62 Å². The van der Waals surface area contributed by atoms with Crippen molar-refractivity contribution >= 4 is 33.2 Å². The molecule has 0 aliphatic carbocycles. The zero-order valence-electron chi connectivity index (χ0n) is 18.2. The first kappa shape index (κ1) is 23.6. The fraction of sp³-hybridized carbons (Fsp3) is 0.435. The Labute approximate surface area is 190 Å². The summed E-state index contributed by atoms with van der Waals surface area (Å²) in [7, 11) is -3.79. The third-order valence-corrected chi connectivity index (χ3v) is 7.12. The molecule has 8 heteroatoms. The molecule has 0 radical (unpaired) electrons. The van der Waals surface area contributed by atoms with Gasteiger partial charge in [-0.1, -0.05) is 49.2 Å². The second kappa shape index (κ2) is 10.0. The number of rotatable bonds is 7. The number of aryl methyl sites for hydroxylation is 1. The van der Waals surface area contributed by atoms with Gasteiger partial charge in [0.25, 0.3) is 0 Å². The maximum absolute atomic E-state index is 13.3. The van der Waals surface area contributed by atoms with E-state index >= 15 is 0 Å². The number of sulfonamides is 1. The van der Waals surface area contributed by atoms with E-state index in [1.165, 1.54) is 0 Å². The first-order valence-corrected chi connectivity index (χ1v) is 12.4. The number of benzene rings is 2. The Morgan fingerprint density at radius 2 is 1.71 bits per heavy atom. The topological polar surface area (TPSA) is 69.7 Å². The molecule has 3 rings (SSSR count). The van der Waals surface area contributed by atoms with Crippen molar-refractivity contribution in [1.29, 1.82) is 0 Å². The van der Waals surface area contributed by atoms with Crippen molar-refractivity contribution < 1.29 is 13.2 Å². The number of nitrogens with zero attached hydrogens (tertiary/aromatic N) is 2. The molecule has 1 amide bonds. The predicted octanol–water partition coefficient (Wildman–Crippen LogP) is 3.69. The third kappa shape index (κ3) is 6.21. The Kier molecular flexibility index (Phi) is 7.62. The molecule has 2 aromatic carbocycles. The first-order valence-electron chi connectivity index (χ1n) is 10.5. The molecule has 1 aliphatic heterocycles. The van der Waals surface area contributed by atoms with Gasteiger partial charge in [-0.25, -0.2) is 8.42 Å². The van der Waals surface area contributed by atoms with E-state index in [0.29, 0.717) is 37.6 Å². The summed E-state index contributed by atoms with van der Waals surface area (Å²) in [5, 5.41) is 0.679. The van der Waals surface area contributed by atoms with E-state index < -0.39 is 16.1 Å². The number of hydrogen-bond acceptors (Lipinski definition) is 4. The third-order valence-electron chi connectivity index (χ3n) is 5.40. The number of amides is 1. The van der Waals surface area contributed by atoms with E-state index in [0.717, 1.165) is 11.3 Å². The second-order valence-electron chi connectivity index (χ2n) is 8.41. The largest absolute Gasteiger partial charge is 0.368 e. The van der Waals surface area contributed by atoms with Crippen molar-refractivity contribution in [3.63, 3.8) is 0 Å². The summed E-state index contributed by atoms with van der Waals surface area (Å²) >= 11 is 6.10. The molecule has 1 atom stereocenters. The maximum Gasteiger partial charge on any atom is 0.241 e. The zero-order chi connectivity index (χ0) is 22.6. The van der Waals surface area contributed by atoms with Crippen molar-refractivity contribution in [3.8, 4) is 0 Å². The lowest BCUT2D eigenvalue weighted by Crippen LogP contribution is -2.55. The van der Waals surface area contributed by atoms with Crippen molar-refractivity contribution in [2.24, 2.45) is 5.92 Å². The van der Waals surface area contributed by atoms with Gasteiger partial charge in [-0.2, -0.15) is 4.72 Å². The minimum Gasteiger partial charge on any atom is -0.368 e. The fourth-order valence-electron chi connectivity index (χ4n) is 3.72. The highest BCUT2D eigenvalue weighted by molar-refractivity contribution is 7.89. The fourth-order valence-corrected chi connectivity index (χ4v) is 5.11. The van der Waals surface area contributed by atoms with Crippen molar-refractivity contribution in [2.75, 3.05) is 31.1 Å². The van der Waals surface area contributed by atoms with Gasteiger partial charge in [-0.3, -0.25) is 4.79 Å². The highest BCUT2D eigenvalue weighted by Crippen LogP contribution is 2.22. The molecule has 1 fully saturated rings. The molecule has 6 nitrogen and oxygen atoms in total. The molecule has 0 saturated carbocycles. The van der Waals surface area contributed by atoms with Crippen LogP contribution in [-0.4, -0.2) is 51.4 Å². The van der Waals surface area contributed by atoms with Crippen LogP contribution in [0.3, 0.4) is 0 Å². The van der Waals surface area contributed by atoms with E-state index in [4.69, 9.17) is 11.6 Å².